The predicted molar refractivity (Wildman–Crippen MR) is 108 cm³/mol. The topological polar surface area (TPSA) is 84.7 Å². The molecule has 1 N–H and O–H groups in total. The molecule has 2 heterocycles. The molecule has 1 saturated carbocycles. The van der Waals surface area contributed by atoms with Crippen molar-refractivity contribution in [3.05, 3.63) is 29.5 Å². The summed E-state index contributed by atoms with van der Waals surface area (Å²) in [7, 11) is 0. The lowest BCUT2D eigenvalue weighted by molar-refractivity contribution is -0.137. The lowest BCUT2D eigenvalue weighted by Gasteiger charge is -2.27. The Kier molecular flexibility index (Phi) is 4.98. The maximum atomic E-state index is 13.3. The van der Waals surface area contributed by atoms with Crippen LogP contribution in [0.3, 0.4) is 0 Å². The van der Waals surface area contributed by atoms with Crippen LogP contribution in [-0.2, 0) is 21.2 Å². The zero-order chi connectivity index (χ0) is 23.6. The van der Waals surface area contributed by atoms with Gasteiger partial charge in [-0.2, -0.15) is 13.2 Å². The van der Waals surface area contributed by atoms with Gasteiger partial charge in [0, 0.05) is 24.4 Å². The number of carbonyl (C=O) groups excluding carboxylic acids is 2. The highest BCUT2D eigenvalue weighted by atomic mass is 19.4. The monoisotopic (exact) mass is 453 g/mol. The molecule has 4 rings (SSSR count). The second kappa shape index (κ2) is 7.11. The van der Waals surface area contributed by atoms with Gasteiger partial charge < -0.3 is 19.5 Å². The maximum absolute atomic E-state index is 13.3. The Balaban J connectivity index is 1.44. The number of piperidine rings is 1. The molecule has 0 radical (unpaired) electrons. The van der Waals surface area contributed by atoms with Crippen molar-refractivity contribution in [2.45, 2.75) is 51.9 Å². The lowest BCUT2D eigenvalue weighted by atomic mass is 9.95. The number of nitrogens with one attached hydrogen (secondary N) is 1. The van der Waals surface area contributed by atoms with E-state index < -0.39 is 29.0 Å². The van der Waals surface area contributed by atoms with E-state index in [1.807, 2.05) is 0 Å². The number of amides is 2. The summed E-state index contributed by atoms with van der Waals surface area (Å²) >= 11 is 0. The molecule has 2 aliphatic rings. The zero-order valence-electron chi connectivity index (χ0n) is 18.5. The Hall–Kier alpha value is -2.78. The van der Waals surface area contributed by atoms with Crippen LogP contribution in [0, 0.1) is 17.8 Å². The molecule has 32 heavy (non-hydrogen) atoms. The van der Waals surface area contributed by atoms with Crippen molar-refractivity contribution in [1.29, 1.82) is 0 Å². The predicted octanol–water partition coefficient (Wildman–Crippen LogP) is 4.31. The van der Waals surface area contributed by atoms with Gasteiger partial charge >= 0.3 is 12.3 Å². The highest BCUT2D eigenvalue weighted by molar-refractivity contribution is 5.87. The summed E-state index contributed by atoms with van der Waals surface area (Å²) in [6, 6.07) is 3.72. The van der Waals surface area contributed by atoms with Crippen molar-refractivity contribution in [3.8, 4) is 0 Å². The van der Waals surface area contributed by atoms with E-state index in [1.54, 1.807) is 39.5 Å². The van der Waals surface area contributed by atoms with Gasteiger partial charge in [-0.1, -0.05) is 11.2 Å². The van der Waals surface area contributed by atoms with Crippen LogP contribution in [-0.4, -0.2) is 40.7 Å². The second-order valence-electron chi connectivity index (χ2n) is 10.1. The third-order valence-corrected chi connectivity index (χ3v) is 5.98. The molecule has 7 nitrogen and oxygen atoms in total. The minimum atomic E-state index is -4.57. The molecule has 3 atom stereocenters. The summed E-state index contributed by atoms with van der Waals surface area (Å²) in [6.45, 7) is 9.63. The number of benzene rings is 1. The molecule has 2 fully saturated rings. The van der Waals surface area contributed by atoms with E-state index in [-0.39, 0.29) is 40.3 Å². The molecular weight excluding hydrogens is 427 g/mol. The summed E-state index contributed by atoms with van der Waals surface area (Å²) in [5.74, 6) is -0.373. The molecule has 1 aromatic heterocycles. The average Bonchev–Trinajstić information content (AvgIpc) is 3.00. The summed E-state index contributed by atoms with van der Waals surface area (Å²) in [4.78, 5) is 26.7. The Morgan fingerprint density at radius 1 is 1.12 bits per heavy atom. The first-order chi connectivity index (χ1) is 14.7. The van der Waals surface area contributed by atoms with Crippen LogP contribution in [0.15, 0.2) is 22.7 Å². The Morgan fingerprint density at radius 3 is 2.31 bits per heavy atom. The number of halogens is 3. The molecule has 0 spiro atoms. The number of ether oxygens (including phenoxy) is 1. The number of likely N-dealkylation sites (tertiary alicyclic amines) is 1. The van der Waals surface area contributed by atoms with Gasteiger partial charge in [0.25, 0.3) is 0 Å². The summed E-state index contributed by atoms with van der Waals surface area (Å²) in [6.07, 6.45) is -4.96. The largest absolute Gasteiger partial charge is 0.444 e. The van der Waals surface area contributed by atoms with E-state index in [0.717, 1.165) is 6.07 Å². The van der Waals surface area contributed by atoms with Crippen LogP contribution < -0.4 is 5.32 Å². The third kappa shape index (κ3) is 4.02. The summed E-state index contributed by atoms with van der Waals surface area (Å²) < 4.78 is 50.2. The number of hydrogen-bond donors (Lipinski definition) is 1. The number of para-hydroxylation sites is 1. The van der Waals surface area contributed by atoms with Gasteiger partial charge in [-0.15, -0.1) is 0 Å². The average molecular weight is 453 g/mol. The molecule has 2 aromatic rings. The number of carbonyl (C=O) groups is 2. The van der Waals surface area contributed by atoms with E-state index in [0.29, 0.717) is 13.1 Å². The van der Waals surface area contributed by atoms with Crippen molar-refractivity contribution in [2.75, 3.05) is 13.1 Å². The number of aromatic nitrogens is 1. The zero-order valence-corrected chi connectivity index (χ0v) is 18.5. The minimum Gasteiger partial charge on any atom is -0.444 e. The SMILES string of the molecule is CC(C)(C)OC(=O)N1C[C@@H]2[C@H](C1)[C@H]2C(=O)NC(C)(C)c1noc2c(C(F)(F)F)cccc12. The molecule has 1 saturated heterocycles. The highest BCUT2D eigenvalue weighted by Crippen LogP contribution is 2.52. The second-order valence-corrected chi connectivity index (χ2v) is 10.1. The standard InChI is InChI=1S/C22H26F3N3O4/c1-20(2,3)31-19(30)28-9-12-13(10-28)15(12)18(29)26-21(4,5)17-11-7-6-8-14(22(23,24)25)16(11)32-27-17/h6-8,12-13,15H,9-10H2,1-5H3,(H,26,29)/t12-,13+,15+. The van der Waals surface area contributed by atoms with Crippen LogP contribution in [0.1, 0.15) is 45.9 Å². The van der Waals surface area contributed by atoms with Crippen LogP contribution in [0.4, 0.5) is 18.0 Å². The van der Waals surface area contributed by atoms with Crippen LogP contribution >= 0.6 is 0 Å². The van der Waals surface area contributed by atoms with E-state index in [2.05, 4.69) is 10.5 Å². The van der Waals surface area contributed by atoms with Gasteiger partial charge in [-0.3, -0.25) is 4.79 Å². The van der Waals surface area contributed by atoms with E-state index in [4.69, 9.17) is 9.26 Å². The number of rotatable bonds is 3. The Morgan fingerprint density at radius 2 is 1.75 bits per heavy atom. The molecule has 1 aliphatic carbocycles. The van der Waals surface area contributed by atoms with Gasteiger partial charge in [-0.25, -0.2) is 4.79 Å². The van der Waals surface area contributed by atoms with Gasteiger partial charge in [0.2, 0.25) is 5.91 Å². The number of nitrogens with zero attached hydrogens (tertiary/aromatic N) is 2. The van der Waals surface area contributed by atoms with Crippen molar-refractivity contribution in [1.82, 2.24) is 15.4 Å². The highest BCUT2D eigenvalue weighted by Gasteiger charge is 2.61. The van der Waals surface area contributed by atoms with Gasteiger partial charge in [-0.05, 0) is 58.6 Å². The normalized spacial score (nSPS) is 23.2. The van der Waals surface area contributed by atoms with Crippen molar-refractivity contribution < 1.29 is 32.0 Å². The molecule has 1 aromatic carbocycles. The fourth-order valence-electron chi connectivity index (χ4n) is 4.48. The van der Waals surface area contributed by atoms with Gasteiger partial charge in [0.1, 0.15) is 16.9 Å². The van der Waals surface area contributed by atoms with Gasteiger partial charge in [0.15, 0.2) is 5.58 Å². The van der Waals surface area contributed by atoms with Crippen LogP contribution in [0.25, 0.3) is 11.0 Å². The van der Waals surface area contributed by atoms with Gasteiger partial charge in [0.05, 0.1) is 5.54 Å². The number of alkyl halides is 3. The fourth-order valence-corrected chi connectivity index (χ4v) is 4.48. The third-order valence-electron chi connectivity index (χ3n) is 5.98. The van der Waals surface area contributed by atoms with E-state index >= 15 is 0 Å². The first kappa shape index (κ1) is 22.4. The Labute approximate surface area is 183 Å². The quantitative estimate of drug-likeness (QED) is 0.749. The molecule has 0 unspecified atom stereocenters. The summed E-state index contributed by atoms with van der Waals surface area (Å²) in [5, 5.41) is 6.97. The first-order valence-electron chi connectivity index (χ1n) is 10.4. The molecule has 174 valence electrons. The smallest absolute Gasteiger partial charge is 0.420 e. The molecule has 1 aliphatic heterocycles. The van der Waals surface area contributed by atoms with Crippen molar-refractivity contribution in [2.24, 2.45) is 17.8 Å². The van der Waals surface area contributed by atoms with Crippen LogP contribution in [0.2, 0.25) is 0 Å². The molecule has 10 heteroatoms. The van der Waals surface area contributed by atoms with Crippen molar-refractivity contribution in [3.63, 3.8) is 0 Å². The maximum Gasteiger partial charge on any atom is 0.420 e. The summed E-state index contributed by atoms with van der Waals surface area (Å²) in [5.41, 5.74) is -2.66. The minimum absolute atomic E-state index is 0.0456. The number of hydrogen-bond acceptors (Lipinski definition) is 5. The number of fused-ring (bicyclic) bond motifs is 2. The molecule has 0 bridgehead atoms. The Bertz CT molecular complexity index is 1060. The fraction of sp³-hybridized carbons (Fsp3) is 0.591. The lowest BCUT2D eigenvalue weighted by Crippen LogP contribution is -2.44. The first-order valence-corrected chi connectivity index (χ1v) is 10.4. The van der Waals surface area contributed by atoms with E-state index in [9.17, 15) is 22.8 Å². The van der Waals surface area contributed by atoms with E-state index in [1.165, 1.54) is 12.1 Å². The van der Waals surface area contributed by atoms with Crippen molar-refractivity contribution >= 4 is 23.0 Å². The van der Waals surface area contributed by atoms with Crippen LogP contribution in [0.5, 0.6) is 0 Å². The molecule has 2 amide bonds. The molecular formula is C22H26F3N3O4.